The van der Waals surface area contributed by atoms with Gasteiger partial charge in [0.05, 0.1) is 6.61 Å². The van der Waals surface area contributed by atoms with Crippen molar-refractivity contribution in [1.29, 1.82) is 0 Å². The van der Waals surface area contributed by atoms with Gasteiger partial charge in [-0.15, -0.1) is 0 Å². The lowest BCUT2D eigenvalue weighted by Crippen LogP contribution is -2.42. The number of hydrogen-bond donors (Lipinski definition) is 2. The van der Waals surface area contributed by atoms with Gasteiger partial charge in [0.2, 0.25) is 5.91 Å². The van der Waals surface area contributed by atoms with E-state index in [4.69, 9.17) is 9.15 Å². The molecule has 0 atom stereocenters. The normalized spacial score (nSPS) is 15.5. The van der Waals surface area contributed by atoms with Gasteiger partial charge in [-0.1, -0.05) is 0 Å². The first-order valence-corrected chi connectivity index (χ1v) is 10.2. The molecule has 2 N–H and O–H groups in total. The molecule has 0 radical (unpaired) electrons. The number of carbonyl (C=O) groups is 2. The van der Waals surface area contributed by atoms with Gasteiger partial charge >= 0.3 is 17.9 Å². The number of likely N-dealkylation sites (tertiary alicyclic amines) is 1. The molecule has 1 aromatic heterocycles. The number of amides is 2. The first-order valence-electron chi connectivity index (χ1n) is 10.2. The number of benzene rings is 1. The van der Waals surface area contributed by atoms with Gasteiger partial charge in [0, 0.05) is 35.7 Å². The van der Waals surface area contributed by atoms with Gasteiger partial charge in [-0.2, -0.15) is 13.2 Å². The Morgan fingerprint density at radius 3 is 2.59 bits per heavy atom. The number of fused-ring (bicyclic) bond motifs is 1. The Hall–Kier alpha value is -3.08. The minimum atomic E-state index is -4.43. The molecule has 0 unspecified atom stereocenters. The number of rotatable bonds is 6. The standard InChI is InChI=1S/C21H24F3N3O5/c1-2-31-20(30)26-15-3-4-16-14(9-18(28)32-17(16)10-15)11-27-7-5-13(6-8-27)19(29)25-12-21(22,23)24/h3-4,9-10,13H,2,5-8,11-12H2,1H3,(H,25,29)(H,26,30). The van der Waals surface area contributed by atoms with Crippen LogP contribution in [0.3, 0.4) is 0 Å². The number of nitrogens with zero attached hydrogens (tertiary/aromatic N) is 1. The summed E-state index contributed by atoms with van der Waals surface area (Å²) in [6, 6.07) is 6.32. The second-order valence-electron chi connectivity index (χ2n) is 7.53. The molecule has 2 aromatic rings. The molecule has 2 amide bonds. The molecule has 1 fully saturated rings. The summed E-state index contributed by atoms with van der Waals surface area (Å²) in [5.74, 6) is -1.06. The molecule has 0 saturated carbocycles. The van der Waals surface area contributed by atoms with Gasteiger partial charge in [-0.05, 0) is 50.6 Å². The van der Waals surface area contributed by atoms with Crippen LogP contribution in [0.5, 0.6) is 0 Å². The number of alkyl halides is 3. The highest BCUT2D eigenvalue weighted by molar-refractivity contribution is 5.90. The maximum Gasteiger partial charge on any atom is 0.411 e. The SMILES string of the molecule is CCOC(=O)Nc1ccc2c(CN3CCC(C(=O)NCC(F)(F)F)CC3)cc(=O)oc2c1. The number of hydrogen-bond acceptors (Lipinski definition) is 6. The number of piperidine rings is 1. The van der Waals surface area contributed by atoms with E-state index >= 15 is 0 Å². The van der Waals surface area contributed by atoms with Crippen molar-refractivity contribution < 1.29 is 31.9 Å². The van der Waals surface area contributed by atoms with Gasteiger partial charge in [0.15, 0.2) is 0 Å². The van der Waals surface area contributed by atoms with Crippen molar-refractivity contribution in [2.24, 2.45) is 5.92 Å². The Kier molecular flexibility index (Phi) is 7.39. The summed E-state index contributed by atoms with van der Waals surface area (Å²) in [4.78, 5) is 37.6. The summed E-state index contributed by atoms with van der Waals surface area (Å²) < 4.78 is 47.0. The van der Waals surface area contributed by atoms with E-state index in [-0.39, 0.29) is 6.61 Å². The third-order valence-electron chi connectivity index (χ3n) is 5.17. The molecular weight excluding hydrogens is 431 g/mol. The predicted molar refractivity (Wildman–Crippen MR) is 110 cm³/mol. The first-order chi connectivity index (χ1) is 15.1. The zero-order chi connectivity index (χ0) is 23.3. The molecule has 0 spiro atoms. The highest BCUT2D eigenvalue weighted by atomic mass is 19.4. The topological polar surface area (TPSA) is 101 Å². The number of ether oxygens (including phenoxy) is 1. The number of halogens is 3. The van der Waals surface area contributed by atoms with E-state index in [0.717, 1.165) is 5.56 Å². The highest BCUT2D eigenvalue weighted by Gasteiger charge is 2.31. The summed E-state index contributed by atoms with van der Waals surface area (Å²) in [7, 11) is 0. The lowest BCUT2D eigenvalue weighted by atomic mass is 9.95. The van der Waals surface area contributed by atoms with Crippen LogP contribution in [-0.4, -0.2) is 49.3 Å². The third kappa shape index (κ3) is 6.46. The predicted octanol–water partition coefficient (Wildman–Crippen LogP) is 3.25. The molecule has 1 aliphatic rings. The van der Waals surface area contributed by atoms with E-state index in [0.29, 0.717) is 49.1 Å². The fraction of sp³-hybridized carbons (Fsp3) is 0.476. The molecule has 32 heavy (non-hydrogen) atoms. The molecule has 2 heterocycles. The maximum absolute atomic E-state index is 12.3. The summed E-state index contributed by atoms with van der Waals surface area (Å²) in [6.07, 6.45) is -4.20. The van der Waals surface area contributed by atoms with Crippen molar-refractivity contribution in [2.45, 2.75) is 32.5 Å². The summed E-state index contributed by atoms with van der Waals surface area (Å²) >= 11 is 0. The molecule has 1 aromatic carbocycles. The molecule has 11 heteroatoms. The Labute approximate surface area is 181 Å². The number of carbonyl (C=O) groups excluding carboxylic acids is 2. The molecule has 1 aliphatic heterocycles. The molecule has 8 nitrogen and oxygen atoms in total. The van der Waals surface area contributed by atoms with Crippen LogP contribution < -0.4 is 16.3 Å². The van der Waals surface area contributed by atoms with Crippen molar-refractivity contribution in [1.82, 2.24) is 10.2 Å². The average Bonchev–Trinajstić information content (AvgIpc) is 2.72. The summed E-state index contributed by atoms with van der Waals surface area (Å²) in [5.41, 5.74) is 0.909. The quantitative estimate of drug-likeness (QED) is 0.649. The third-order valence-corrected chi connectivity index (χ3v) is 5.17. The molecule has 0 bridgehead atoms. The van der Waals surface area contributed by atoms with Crippen LogP contribution in [0.4, 0.5) is 23.7 Å². The van der Waals surface area contributed by atoms with E-state index in [1.165, 1.54) is 12.1 Å². The largest absolute Gasteiger partial charge is 0.450 e. The van der Waals surface area contributed by atoms with Gasteiger partial charge in [0.25, 0.3) is 0 Å². The van der Waals surface area contributed by atoms with Crippen LogP contribution in [0.1, 0.15) is 25.3 Å². The second-order valence-corrected chi connectivity index (χ2v) is 7.53. The molecule has 0 aliphatic carbocycles. The Morgan fingerprint density at radius 1 is 1.22 bits per heavy atom. The van der Waals surface area contributed by atoms with Gasteiger partial charge in [0.1, 0.15) is 12.1 Å². The van der Waals surface area contributed by atoms with Gasteiger partial charge in [-0.3, -0.25) is 15.0 Å². The van der Waals surface area contributed by atoms with Crippen LogP contribution in [0.2, 0.25) is 0 Å². The average molecular weight is 455 g/mol. The summed E-state index contributed by atoms with van der Waals surface area (Å²) in [6.45, 7) is 2.01. The van der Waals surface area contributed by atoms with Crippen molar-refractivity contribution in [3.05, 3.63) is 40.2 Å². The van der Waals surface area contributed by atoms with E-state index in [1.54, 1.807) is 19.1 Å². The van der Waals surface area contributed by atoms with Crippen molar-refractivity contribution in [2.75, 3.05) is 31.6 Å². The minimum Gasteiger partial charge on any atom is -0.450 e. The zero-order valence-electron chi connectivity index (χ0n) is 17.5. The van der Waals surface area contributed by atoms with Crippen LogP contribution in [0, 0.1) is 5.92 Å². The Morgan fingerprint density at radius 2 is 1.94 bits per heavy atom. The molecule has 1 saturated heterocycles. The highest BCUT2D eigenvalue weighted by Crippen LogP contribution is 2.25. The van der Waals surface area contributed by atoms with Gasteiger partial charge < -0.3 is 14.5 Å². The van der Waals surface area contributed by atoms with E-state index in [9.17, 15) is 27.6 Å². The maximum atomic E-state index is 12.3. The molecular formula is C21H24F3N3O5. The lowest BCUT2D eigenvalue weighted by Gasteiger charge is -2.31. The Balaban J connectivity index is 1.64. The number of anilines is 1. The van der Waals surface area contributed by atoms with Crippen molar-refractivity contribution >= 4 is 28.7 Å². The molecule has 174 valence electrons. The number of nitrogens with one attached hydrogen (secondary N) is 2. The van der Waals surface area contributed by atoms with Crippen molar-refractivity contribution in [3.8, 4) is 0 Å². The van der Waals surface area contributed by atoms with Crippen molar-refractivity contribution in [3.63, 3.8) is 0 Å². The van der Waals surface area contributed by atoms with Gasteiger partial charge in [-0.25, -0.2) is 9.59 Å². The fourth-order valence-electron chi connectivity index (χ4n) is 3.65. The van der Waals surface area contributed by atoms with E-state index < -0.39 is 36.3 Å². The first kappa shape index (κ1) is 23.6. The van der Waals surface area contributed by atoms with E-state index in [1.807, 2.05) is 10.2 Å². The Bertz CT molecular complexity index is 1030. The minimum absolute atomic E-state index is 0.222. The lowest BCUT2D eigenvalue weighted by molar-refractivity contribution is -0.141. The monoisotopic (exact) mass is 455 g/mol. The molecule has 3 rings (SSSR count). The van der Waals surface area contributed by atoms with Crippen LogP contribution >= 0.6 is 0 Å². The van der Waals surface area contributed by atoms with E-state index in [2.05, 4.69) is 5.32 Å². The zero-order valence-corrected chi connectivity index (χ0v) is 17.5. The van der Waals surface area contributed by atoms with Crippen LogP contribution in [0.15, 0.2) is 33.5 Å². The fourth-order valence-corrected chi connectivity index (χ4v) is 3.65. The second kappa shape index (κ2) is 10.0. The summed E-state index contributed by atoms with van der Waals surface area (Å²) in [5, 5.41) is 5.19. The smallest absolute Gasteiger partial charge is 0.411 e. The van der Waals surface area contributed by atoms with Crippen LogP contribution in [-0.2, 0) is 16.1 Å². The van der Waals surface area contributed by atoms with Crippen LogP contribution in [0.25, 0.3) is 11.0 Å².